The van der Waals surface area contributed by atoms with Crippen LogP contribution in [0.3, 0.4) is 0 Å². The van der Waals surface area contributed by atoms with Crippen LogP contribution in [-0.2, 0) is 9.59 Å². The van der Waals surface area contributed by atoms with Crippen LogP contribution in [0.2, 0.25) is 0 Å². The molecule has 1 heterocycles. The molecular weight excluding hydrogens is 256 g/mol. The summed E-state index contributed by atoms with van der Waals surface area (Å²) in [6.07, 6.45) is 5.38. The van der Waals surface area contributed by atoms with E-state index in [1.807, 2.05) is 19.1 Å². The Morgan fingerprint density at radius 1 is 1.45 bits per heavy atom. The van der Waals surface area contributed by atoms with Crippen LogP contribution in [0.25, 0.3) is 0 Å². The number of carbonyl (C=O) groups is 2. The molecule has 0 saturated carbocycles. The molecule has 5 nitrogen and oxygen atoms in total. The minimum absolute atomic E-state index is 0.0291. The van der Waals surface area contributed by atoms with Gasteiger partial charge < -0.3 is 10.4 Å². The quantitative estimate of drug-likeness (QED) is 0.646. The number of carboxylic acids is 1. The third-order valence-electron chi connectivity index (χ3n) is 3.65. The number of allylic oxidation sites excluding steroid dienone is 1. The molecule has 1 saturated heterocycles. The minimum Gasteiger partial charge on any atom is -0.480 e. The van der Waals surface area contributed by atoms with Crippen LogP contribution in [0.4, 0.5) is 0 Å². The molecule has 1 unspecified atom stereocenters. The van der Waals surface area contributed by atoms with Crippen molar-refractivity contribution in [2.45, 2.75) is 58.7 Å². The van der Waals surface area contributed by atoms with Gasteiger partial charge in [0.05, 0.1) is 0 Å². The van der Waals surface area contributed by atoms with Gasteiger partial charge in [0, 0.05) is 19.0 Å². The Morgan fingerprint density at radius 2 is 2.10 bits per heavy atom. The molecule has 3 N–H and O–H groups in total. The van der Waals surface area contributed by atoms with E-state index in [9.17, 15) is 14.7 Å². The molecule has 4 atom stereocenters. The highest BCUT2D eigenvalue weighted by Crippen LogP contribution is 2.27. The first-order valence-corrected chi connectivity index (χ1v) is 7.23. The molecule has 0 spiro atoms. The molecule has 0 aliphatic carbocycles. The summed E-state index contributed by atoms with van der Waals surface area (Å²) >= 11 is 0. The highest BCUT2D eigenvalue weighted by molar-refractivity contribution is 5.75. The third-order valence-corrected chi connectivity index (χ3v) is 3.65. The summed E-state index contributed by atoms with van der Waals surface area (Å²) in [6.45, 7) is 7.63. The van der Waals surface area contributed by atoms with Crippen LogP contribution in [-0.4, -0.2) is 35.1 Å². The number of hydrogen-bond donors (Lipinski definition) is 3. The Bertz CT molecular complexity index is 379. The van der Waals surface area contributed by atoms with Gasteiger partial charge in [-0.3, -0.25) is 14.9 Å². The zero-order valence-corrected chi connectivity index (χ0v) is 12.7. The molecule has 1 fully saturated rings. The lowest BCUT2D eigenvalue weighted by Gasteiger charge is -2.29. The fourth-order valence-electron chi connectivity index (χ4n) is 2.94. The molecule has 0 aromatic rings. The van der Waals surface area contributed by atoms with E-state index in [-0.39, 0.29) is 23.9 Å². The molecule has 0 bridgehead atoms. The number of hydrogen-bond acceptors (Lipinski definition) is 3. The Hall–Kier alpha value is -1.36. The van der Waals surface area contributed by atoms with Gasteiger partial charge in [-0.15, -0.1) is 0 Å². The second kappa shape index (κ2) is 7.43. The first kappa shape index (κ1) is 16.7. The van der Waals surface area contributed by atoms with Gasteiger partial charge in [0.15, 0.2) is 0 Å². The van der Waals surface area contributed by atoms with Crippen molar-refractivity contribution in [3.8, 4) is 0 Å². The number of nitrogens with one attached hydrogen (secondary N) is 2. The summed E-state index contributed by atoms with van der Waals surface area (Å²) in [5.41, 5.74) is 0. The van der Waals surface area contributed by atoms with Crippen LogP contribution < -0.4 is 10.6 Å². The van der Waals surface area contributed by atoms with Crippen molar-refractivity contribution in [3.05, 3.63) is 12.2 Å². The highest BCUT2D eigenvalue weighted by atomic mass is 16.4. The summed E-state index contributed by atoms with van der Waals surface area (Å²) < 4.78 is 0. The summed E-state index contributed by atoms with van der Waals surface area (Å²) in [6, 6.07) is -0.610. The molecule has 0 radical (unpaired) electrons. The molecule has 114 valence electrons. The van der Waals surface area contributed by atoms with E-state index in [1.165, 1.54) is 6.92 Å². The standard InChI is InChI=1S/C15H26N2O3/c1-5-6-11-8-13(15(19)20)17-14(11)12(7-9(2)3)16-10(4)18/h5-6,9,11-14,17H,7-8H2,1-4H3,(H,16,18)(H,19,20)/b6-5-/t11?,12-,13+,14+/m0/s1. The lowest BCUT2D eigenvalue weighted by Crippen LogP contribution is -2.51. The maximum atomic E-state index is 11.4. The fraction of sp³-hybridized carbons (Fsp3) is 0.733. The average molecular weight is 282 g/mol. The zero-order chi connectivity index (χ0) is 15.3. The number of carbonyl (C=O) groups excluding carboxylic acids is 1. The summed E-state index contributed by atoms with van der Waals surface area (Å²) in [5.74, 6) is -0.330. The van der Waals surface area contributed by atoms with E-state index in [2.05, 4.69) is 24.5 Å². The van der Waals surface area contributed by atoms with Crippen molar-refractivity contribution in [3.63, 3.8) is 0 Å². The van der Waals surface area contributed by atoms with Crippen molar-refractivity contribution >= 4 is 11.9 Å². The zero-order valence-electron chi connectivity index (χ0n) is 12.7. The van der Waals surface area contributed by atoms with Crippen LogP contribution >= 0.6 is 0 Å². The molecule has 0 aromatic heterocycles. The van der Waals surface area contributed by atoms with Crippen LogP contribution in [0, 0.1) is 11.8 Å². The monoisotopic (exact) mass is 282 g/mol. The van der Waals surface area contributed by atoms with E-state index < -0.39 is 12.0 Å². The summed E-state index contributed by atoms with van der Waals surface area (Å²) in [5, 5.41) is 15.3. The molecule has 1 amide bonds. The fourth-order valence-corrected chi connectivity index (χ4v) is 2.94. The van der Waals surface area contributed by atoms with Crippen molar-refractivity contribution < 1.29 is 14.7 Å². The SMILES string of the molecule is C/C=C\C1C[C@H](C(=O)O)N[C@H]1[C@H](CC(C)C)NC(C)=O. The predicted molar refractivity (Wildman–Crippen MR) is 78.3 cm³/mol. The van der Waals surface area contributed by atoms with Gasteiger partial charge in [-0.2, -0.15) is 0 Å². The maximum absolute atomic E-state index is 11.4. The summed E-state index contributed by atoms with van der Waals surface area (Å²) in [4.78, 5) is 22.6. The highest BCUT2D eigenvalue weighted by Gasteiger charge is 2.40. The van der Waals surface area contributed by atoms with Gasteiger partial charge in [-0.05, 0) is 31.6 Å². The van der Waals surface area contributed by atoms with Crippen molar-refractivity contribution in [1.82, 2.24) is 10.6 Å². The van der Waals surface area contributed by atoms with E-state index >= 15 is 0 Å². The van der Waals surface area contributed by atoms with Crippen LogP contribution in [0.15, 0.2) is 12.2 Å². The summed E-state index contributed by atoms with van der Waals surface area (Å²) in [7, 11) is 0. The molecule has 1 aliphatic rings. The lowest BCUT2D eigenvalue weighted by atomic mass is 9.88. The van der Waals surface area contributed by atoms with Gasteiger partial charge in [0.2, 0.25) is 5.91 Å². The van der Waals surface area contributed by atoms with Crippen molar-refractivity contribution in [1.29, 1.82) is 0 Å². The Labute approximate surface area is 120 Å². The van der Waals surface area contributed by atoms with Gasteiger partial charge in [-0.1, -0.05) is 26.0 Å². The number of rotatable bonds is 6. The maximum Gasteiger partial charge on any atom is 0.320 e. The minimum atomic E-state index is -0.826. The molecule has 0 aromatic carbocycles. The molecule has 5 heteroatoms. The molecule has 20 heavy (non-hydrogen) atoms. The third kappa shape index (κ3) is 4.63. The first-order chi connectivity index (χ1) is 9.35. The predicted octanol–water partition coefficient (Wildman–Crippen LogP) is 1.54. The Balaban J connectivity index is 2.89. The van der Waals surface area contributed by atoms with Crippen molar-refractivity contribution in [2.75, 3.05) is 0 Å². The molecule has 1 aliphatic heterocycles. The van der Waals surface area contributed by atoms with E-state index in [1.54, 1.807) is 0 Å². The number of aliphatic carboxylic acids is 1. The normalized spacial score (nSPS) is 27.9. The van der Waals surface area contributed by atoms with E-state index in [0.717, 1.165) is 6.42 Å². The van der Waals surface area contributed by atoms with Crippen LogP contribution in [0.5, 0.6) is 0 Å². The van der Waals surface area contributed by atoms with Crippen LogP contribution in [0.1, 0.15) is 40.5 Å². The second-order valence-electron chi connectivity index (χ2n) is 5.95. The average Bonchev–Trinajstić information content (AvgIpc) is 2.71. The van der Waals surface area contributed by atoms with Gasteiger partial charge in [-0.25, -0.2) is 0 Å². The van der Waals surface area contributed by atoms with Gasteiger partial charge >= 0.3 is 5.97 Å². The first-order valence-electron chi connectivity index (χ1n) is 7.23. The molecular formula is C15H26N2O3. The van der Waals surface area contributed by atoms with E-state index in [0.29, 0.717) is 12.3 Å². The number of amides is 1. The Morgan fingerprint density at radius 3 is 2.55 bits per heavy atom. The van der Waals surface area contributed by atoms with Gasteiger partial charge in [0.25, 0.3) is 0 Å². The lowest BCUT2D eigenvalue weighted by molar-refractivity contribution is -0.139. The Kier molecular flexibility index (Phi) is 6.20. The second-order valence-corrected chi connectivity index (χ2v) is 5.95. The smallest absolute Gasteiger partial charge is 0.320 e. The van der Waals surface area contributed by atoms with Crippen molar-refractivity contribution in [2.24, 2.45) is 11.8 Å². The largest absolute Gasteiger partial charge is 0.480 e. The van der Waals surface area contributed by atoms with E-state index in [4.69, 9.17) is 0 Å². The van der Waals surface area contributed by atoms with Gasteiger partial charge in [0.1, 0.15) is 6.04 Å². The molecule has 1 rings (SSSR count). The topological polar surface area (TPSA) is 78.4 Å². The number of carboxylic acid groups (broad SMARTS) is 1.